The molecule has 2 aromatic rings. The number of carbonyl (C=O) groups is 2. The van der Waals surface area contributed by atoms with Crippen molar-refractivity contribution < 1.29 is 9.59 Å². The van der Waals surface area contributed by atoms with Crippen molar-refractivity contribution in [3.63, 3.8) is 0 Å². The van der Waals surface area contributed by atoms with Gasteiger partial charge in [-0.3, -0.25) is 9.59 Å². The molecule has 4 rings (SSSR count). The molecule has 0 atom stereocenters. The molecule has 1 fully saturated rings. The second-order valence-corrected chi connectivity index (χ2v) is 8.45. The number of hydrogen-bond acceptors (Lipinski definition) is 4. The molecule has 0 aromatic heterocycles. The van der Waals surface area contributed by atoms with Crippen molar-refractivity contribution in [1.29, 1.82) is 0 Å². The van der Waals surface area contributed by atoms with E-state index in [-0.39, 0.29) is 11.8 Å². The number of amides is 2. The molecule has 0 bridgehead atoms. The van der Waals surface area contributed by atoms with Crippen LogP contribution in [-0.4, -0.2) is 74.5 Å². The summed E-state index contributed by atoms with van der Waals surface area (Å²) < 4.78 is 0. The number of nitrogens with zero attached hydrogens (tertiary/aromatic N) is 4. The van der Waals surface area contributed by atoms with E-state index in [0.29, 0.717) is 35.6 Å². The average molecular weight is 421 g/mol. The lowest BCUT2D eigenvalue weighted by molar-refractivity contribution is 0.0972. The highest BCUT2D eigenvalue weighted by Crippen LogP contribution is 2.32. The van der Waals surface area contributed by atoms with Crippen LogP contribution in [0.25, 0.3) is 0 Å². The van der Waals surface area contributed by atoms with Gasteiger partial charge in [0.15, 0.2) is 0 Å². The summed E-state index contributed by atoms with van der Waals surface area (Å²) in [7, 11) is 2.16. The van der Waals surface area contributed by atoms with Crippen LogP contribution in [0.5, 0.6) is 0 Å². The smallest absolute Gasteiger partial charge is 0.260 e. The Morgan fingerprint density at radius 2 is 1.23 bits per heavy atom. The number of anilines is 2. The van der Waals surface area contributed by atoms with Crippen LogP contribution in [0.1, 0.15) is 40.5 Å². The summed E-state index contributed by atoms with van der Waals surface area (Å²) in [6.07, 6.45) is 1.70. The van der Waals surface area contributed by atoms with Crippen molar-refractivity contribution in [2.75, 3.05) is 62.7 Å². The molecule has 2 aliphatic heterocycles. The number of fused-ring (bicyclic) bond motifs is 2. The average Bonchev–Trinajstić information content (AvgIpc) is 2.80. The molecule has 6 nitrogen and oxygen atoms in total. The lowest BCUT2D eigenvalue weighted by Crippen LogP contribution is -2.45. The number of hydrogen-bond donors (Lipinski definition) is 0. The lowest BCUT2D eigenvalue weighted by atomic mass is 10.0. The van der Waals surface area contributed by atoms with E-state index in [1.807, 2.05) is 60.4 Å². The molecular formula is C25H32N4O2. The number of para-hydroxylation sites is 2. The third-order valence-electron chi connectivity index (χ3n) is 6.24. The van der Waals surface area contributed by atoms with Crippen molar-refractivity contribution in [3.05, 3.63) is 59.7 Å². The van der Waals surface area contributed by atoms with Crippen LogP contribution in [0, 0.1) is 0 Å². The summed E-state index contributed by atoms with van der Waals surface area (Å²) in [5.74, 6) is -0.0727. The van der Waals surface area contributed by atoms with E-state index in [1.165, 1.54) is 0 Å². The fourth-order valence-corrected chi connectivity index (χ4v) is 4.48. The zero-order valence-corrected chi connectivity index (χ0v) is 18.6. The van der Waals surface area contributed by atoms with Gasteiger partial charge in [-0.2, -0.15) is 0 Å². The van der Waals surface area contributed by atoms with E-state index >= 15 is 0 Å². The highest BCUT2D eigenvalue weighted by molar-refractivity contribution is 6.20. The molecule has 2 heterocycles. The van der Waals surface area contributed by atoms with E-state index in [0.717, 1.165) is 45.6 Å². The Morgan fingerprint density at radius 3 is 1.77 bits per heavy atom. The largest absolute Gasteiger partial charge is 0.308 e. The minimum absolute atomic E-state index is 0.0324. The summed E-state index contributed by atoms with van der Waals surface area (Å²) in [4.78, 5) is 35.6. The minimum atomic E-state index is -0.0403. The third kappa shape index (κ3) is 4.50. The molecule has 1 saturated heterocycles. The topological polar surface area (TPSA) is 47.1 Å². The Hall–Kier alpha value is -2.70. The Morgan fingerprint density at radius 1 is 0.710 bits per heavy atom. The van der Waals surface area contributed by atoms with E-state index < -0.39 is 0 Å². The maximum atomic E-state index is 13.7. The highest BCUT2D eigenvalue weighted by atomic mass is 16.2. The van der Waals surface area contributed by atoms with Gasteiger partial charge in [0, 0.05) is 39.3 Å². The van der Waals surface area contributed by atoms with Gasteiger partial charge in [-0.15, -0.1) is 0 Å². The van der Waals surface area contributed by atoms with Gasteiger partial charge in [0.2, 0.25) is 0 Å². The first kappa shape index (κ1) is 21.5. The first-order valence-electron chi connectivity index (χ1n) is 11.3. The first-order valence-corrected chi connectivity index (χ1v) is 11.3. The van der Waals surface area contributed by atoms with Gasteiger partial charge in [-0.05, 0) is 50.7 Å². The summed E-state index contributed by atoms with van der Waals surface area (Å²) in [5, 5.41) is 0. The van der Waals surface area contributed by atoms with Crippen LogP contribution in [0.15, 0.2) is 48.5 Å². The third-order valence-corrected chi connectivity index (χ3v) is 6.24. The predicted molar refractivity (Wildman–Crippen MR) is 125 cm³/mol. The first-order chi connectivity index (χ1) is 15.1. The summed E-state index contributed by atoms with van der Waals surface area (Å²) in [6, 6.07) is 15.0. The molecule has 2 aliphatic rings. The molecule has 0 radical (unpaired) electrons. The van der Waals surface area contributed by atoms with Gasteiger partial charge in [0.25, 0.3) is 11.8 Å². The molecule has 0 aliphatic carbocycles. The van der Waals surface area contributed by atoms with E-state index in [4.69, 9.17) is 0 Å². The van der Waals surface area contributed by atoms with Crippen LogP contribution in [0.3, 0.4) is 0 Å². The van der Waals surface area contributed by atoms with Crippen molar-refractivity contribution in [2.24, 2.45) is 0 Å². The summed E-state index contributed by atoms with van der Waals surface area (Å²) >= 11 is 0. The normalized spacial score (nSPS) is 17.9. The Balaban J connectivity index is 1.63. The molecule has 0 saturated carbocycles. The van der Waals surface area contributed by atoms with Crippen LogP contribution >= 0.6 is 0 Å². The van der Waals surface area contributed by atoms with Gasteiger partial charge in [0.1, 0.15) is 0 Å². The SMILES string of the molecule is CCCN1C(=O)c2ccccc2N(CCCN2CCN(C)CC2)C(=O)c2ccccc21. The molecule has 2 aromatic carbocycles. The van der Waals surface area contributed by atoms with Crippen LogP contribution in [0.4, 0.5) is 11.4 Å². The number of carbonyl (C=O) groups excluding carboxylic acids is 2. The fraction of sp³-hybridized carbons (Fsp3) is 0.440. The standard InChI is InChI=1S/C25H32N4O2/c1-3-13-28-22-11-6-4-9-20(22)25(31)29(23-12-7-5-10-21(23)24(28)30)15-8-14-27-18-16-26(2)17-19-27/h4-7,9-12H,3,8,13-19H2,1-2H3. The molecule has 2 amide bonds. The highest BCUT2D eigenvalue weighted by Gasteiger charge is 2.32. The zero-order chi connectivity index (χ0) is 21.8. The van der Waals surface area contributed by atoms with Gasteiger partial charge >= 0.3 is 0 Å². The zero-order valence-electron chi connectivity index (χ0n) is 18.6. The number of likely N-dealkylation sites (N-methyl/N-ethyl adjacent to an activating group) is 1. The van der Waals surface area contributed by atoms with Crippen molar-refractivity contribution >= 4 is 23.2 Å². The number of rotatable bonds is 6. The van der Waals surface area contributed by atoms with Gasteiger partial charge in [-0.25, -0.2) is 0 Å². The fourth-order valence-electron chi connectivity index (χ4n) is 4.48. The molecule has 0 spiro atoms. The van der Waals surface area contributed by atoms with E-state index in [1.54, 1.807) is 4.90 Å². The van der Waals surface area contributed by atoms with Crippen molar-refractivity contribution in [2.45, 2.75) is 19.8 Å². The second-order valence-electron chi connectivity index (χ2n) is 8.45. The van der Waals surface area contributed by atoms with Crippen LogP contribution in [0.2, 0.25) is 0 Å². The molecule has 6 heteroatoms. The van der Waals surface area contributed by atoms with Crippen molar-refractivity contribution in [3.8, 4) is 0 Å². The van der Waals surface area contributed by atoms with Gasteiger partial charge in [0.05, 0.1) is 22.5 Å². The van der Waals surface area contributed by atoms with Gasteiger partial charge in [-0.1, -0.05) is 31.2 Å². The summed E-state index contributed by atoms with van der Waals surface area (Å²) in [6.45, 7) is 8.48. The Labute approximate surface area is 185 Å². The molecule has 31 heavy (non-hydrogen) atoms. The maximum absolute atomic E-state index is 13.7. The monoisotopic (exact) mass is 420 g/mol. The number of benzene rings is 2. The van der Waals surface area contributed by atoms with E-state index in [2.05, 4.69) is 16.8 Å². The molecular weight excluding hydrogens is 388 g/mol. The van der Waals surface area contributed by atoms with Crippen LogP contribution < -0.4 is 9.80 Å². The summed E-state index contributed by atoms with van der Waals surface area (Å²) in [5.41, 5.74) is 2.61. The maximum Gasteiger partial charge on any atom is 0.260 e. The molecule has 0 unspecified atom stereocenters. The number of piperazine rings is 1. The Bertz CT molecular complexity index is 937. The van der Waals surface area contributed by atoms with Gasteiger partial charge < -0.3 is 19.6 Å². The quantitative estimate of drug-likeness (QED) is 0.719. The van der Waals surface area contributed by atoms with Crippen molar-refractivity contribution in [1.82, 2.24) is 9.80 Å². The molecule has 0 N–H and O–H groups in total. The van der Waals surface area contributed by atoms with Crippen LogP contribution in [-0.2, 0) is 0 Å². The van der Waals surface area contributed by atoms with E-state index in [9.17, 15) is 9.59 Å². The minimum Gasteiger partial charge on any atom is -0.308 e. The predicted octanol–water partition coefficient (Wildman–Crippen LogP) is 3.34. The molecule has 164 valence electrons. The Kier molecular flexibility index (Phi) is 6.68. The lowest BCUT2D eigenvalue weighted by Gasteiger charge is -2.34. The second kappa shape index (κ2) is 9.62.